The Labute approximate surface area is 86.8 Å². The summed E-state index contributed by atoms with van der Waals surface area (Å²) in [4.78, 5) is 2.14. The standard InChI is InChI=1S/C10H23N3O/c1-5-8(3)7-13(4)9(6-2)10(11)12-14/h8-9,14H,5-7H2,1-4H3,(H2,11,12). The molecule has 0 aromatic carbocycles. The molecule has 0 aromatic heterocycles. The lowest BCUT2D eigenvalue weighted by atomic mass is 10.1. The highest BCUT2D eigenvalue weighted by atomic mass is 16.4. The molecule has 2 atom stereocenters. The third kappa shape index (κ3) is 3.96. The first-order chi connectivity index (χ1) is 6.56. The predicted octanol–water partition coefficient (Wildman–Crippen LogP) is 1.49. The quantitative estimate of drug-likeness (QED) is 0.296. The minimum Gasteiger partial charge on any atom is -0.409 e. The van der Waals surface area contributed by atoms with E-state index in [0.29, 0.717) is 11.8 Å². The van der Waals surface area contributed by atoms with Gasteiger partial charge in [-0.2, -0.15) is 0 Å². The minimum atomic E-state index is 0.0500. The van der Waals surface area contributed by atoms with Crippen LogP contribution in [0.4, 0.5) is 0 Å². The topological polar surface area (TPSA) is 61.8 Å². The molecule has 0 saturated heterocycles. The molecular weight excluding hydrogens is 178 g/mol. The zero-order valence-corrected chi connectivity index (χ0v) is 9.70. The van der Waals surface area contributed by atoms with E-state index >= 15 is 0 Å². The van der Waals surface area contributed by atoms with Gasteiger partial charge in [-0.3, -0.25) is 4.90 Å². The van der Waals surface area contributed by atoms with Crippen LogP contribution in [0.1, 0.15) is 33.6 Å². The van der Waals surface area contributed by atoms with Gasteiger partial charge in [-0.05, 0) is 19.4 Å². The molecule has 0 aromatic rings. The van der Waals surface area contributed by atoms with E-state index in [-0.39, 0.29) is 6.04 Å². The molecule has 0 fully saturated rings. The van der Waals surface area contributed by atoms with E-state index in [1.54, 1.807) is 0 Å². The molecule has 0 radical (unpaired) electrons. The maximum Gasteiger partial charge on any atom is 0.156 e. The molecule has 0 aliphatic rings. The summed E-state index contributed by atoms with van der Waals surface area (Å²) in [5, 5.41) is 11.7. The summed E-state index contributed by atoms with van der Waals surface area (Å²) in [5.41, 5.74) is 5.60. The van der Waals surface area contributed by atoms with Crippen molar-refractivity contribution >= 4 is 5.84 Å². The van der Waals surface area contributed by atoms with Gasteiger partial charge in [0.25, 0.3) is 0 Å². The zero-order chi connectivity index (χ0) is 11.1. The number of oxime groups is 1. The second-order valence-electron chi connectivity index (χ2n) is 3.90. The van der Waals surface area contributed by atoms with E-state index in [9.17, 15) is 0 Å². The largest absolute Gasteiger partial charge is 0.409 e. The second-order valence-corrected chi connectivity index (χ2v) is 3.90. The number of nitrogens with zero attached hydrogens (tertiary/aromatic N) is 2. The SMILES string of the molecule is CCC(C)CN(C)C(CC)C(N)=NO. The first kappa shape index (κ1) is 13.2. The van der Waals surface area contributed by atoms with Crippen molar-refractivity contribution in [3.8, 4) is 0 Å². The molecule has 0 rings (SSSR count). The Morgan fingerprint density at radius 3 is 2.36 bits per heavy atom. The van der Waals surface area contributed by atoms with Crippen molar-refractivity contribution in [2.24, 2.45) is 16.8 Å². The number of rotatable bonds is 6. The third-order valence-electron chi connectivity index (χ3n) is 2.67. The van der Waals surface area contributed by atoms with Gasteiger partial charge in [0.05, 0.1) is 6.04 Å². The Hall–Kier alpha value is -0.770. The van der Waals surface area contributed by atoms with Crippen molar-refractivity contribution in [2.75, 3.05) is 13.6 Å². The fourth-order valence-electron chi connectivity index (χ4n) is 1.56. The first-order valence-electron chi connectivity index (χ1n) is 5.24. The molecule has 84 valence electrons. The predicted molar refractivity (Wildman–Crippen MR) is 59.6 cm³/mol. The molecule has 4 nitrogen and oxygen atoms in total. The normalized spacial score (nSPS) is 17.1. The van der Waals surface area contributed by atoms with Crippen LogP contribution in [-0.2, 0) is 0 Å². The van der Waals surface area contributed by atoms with Crippen LogP contribution >= 0.6 is 0 Å². The van der Waals surface area contributed by atoms with Crippen LogP contribution < -0.4 is 5.73 Å². The molecular formula is C10H23N3O. The molecule has 0 aliphatic carbocycles. The number of amidine groups is 1. The van der Waals surface area contributed by atoms with Crippen molar-refractivity contribution in [2.45, 2.75) is 39.7 Å². The summed E-state index contributed by atoms with van der Waals surface area (Å²) < 4.78 is 0. The lowest BCUT2D eigenvalue weighted by molar-refractivity contribution is 0.239. The van der Waals surface area contributed by atoms with E-state index in [4.69, 9.17) is 10.9 Å². The van der Waals surface area contributed by atoms with Gasteiger partial charge in [-0.15, -0.1) is 0 Å². The number of hydrogen-bond donors (Lipinski definition) is 2. The maximum absolute atomic E-state index is 8.61. The minimum absolute atomic E-state index is 0.0500. The Bertz CT molecular complexity index is 182. The van der Waals surface area contributed by atoms with Crippen molar-refractivity contribution < 1.29 is 5.21 Å². The van der Waals surface area contributed by atoms with Gasteiger partial charge in [-0.1, -0.05) is 32.3 Å². The molecule has 0 amide bonds. The van der Waals surface area contributed by atoms with Gasteiger partial charge < -0.3 is 10.9 Å². The molecule has 0 aliphatic heterocycles. The summed E-state index contributed by atoms with van der Waals surface area (Å²) in [5.74, 6) is 0.943. The molecule has 3 N–H and O–H groups in total. The Morgan fingerprint density at radius 2 is 2.00 bits per heavy atom. The van der Waals surface area contributed by atoms with Crippen molar-refractivity contribution in [3.63, 3.8) is 0 Å². The van der Waals surface area contributed by atoms with Crippen LogP contribution in [0.15, 0.2) is 5.16 Å². The molecule has 2 unspecified atom stereocenters. The molecule has 0 saturated carbocycles. The molecule has 14 heavy (non-hydrogen) atoms. The van der Waals surface area contributed by atoms with Crippen LogP contribution in [0.5, 0.6) is 0 Å². The lowest BCUT2D eigenvalue weighted by Gasteiger charge is -2.28. The van der Waals surface area contributed by atoms with Gasteiger partial charge in [0, 0.05) is 6.54 Å². The van der Waals surface area contributed by atoms with E-state index in [1.165, 1.54) is 0 Å². The van der Waals surface area contributed by atoms with Gasteiger partial charge >= 0.3 is 0 Å². The van der Waals surface area contributed by atoms with Crippen LogP contribution in [0.2, 0.25) is 0 Å². The van der Waals surface area contributed by atoms with Crippen molar-refractivity contribution in [1.82, 2.24) is 4.90 Å². The van der Waals surface area contributed by atoms with E-state index in [0.717, 1.165) is 19.4 Å². The van der Waals surface area contributed by atoms with Gasteiger partial charge in [0.15, 0.2) is 5.84 Å². The van der Waals surface area contributed by atoms with Crippen LogP contribution in [0.25, 0.3) is 0 Å². The maximum atomic E-state index is 8.61. The van der Waals surface area contributed by atoms with E-state index in [2.05, 4.69) is 23.9 Å². The number of likely N-dealkylation sites (N-methyl/N-ethyl adjacent to an activating group) is 1. The average Bonchev–Trinajstić information content (AvgIpc) is 2.18. The smallest absolute Gasteiger partial charge is 0.156 e. The molecule has 0 bridgehead atoms. The summed E-state index contributed by atoms with van der Waals surface area (Å²) in [6, 6.07) is 0.0500. The monoisotopic (exact) mass is 201 g/mol. The Morgan fingerprint density at radius 1 is 1.43 bits per heavy atom. The van der Waals surface area contributed by atoms with Crippen molar-refractivity contribution in [3.05, 3.63) is 0 Å². The summed E-state index contributed by atoms with van der Waals surface area (Å²) in [6.45, 7) is 7.39. The molecule has 0 spiro atoms. The highest BCUT2D eigenvalue weighted by Crippen LogP contribution is 2.08. The second kappa shape index (κ2) is 6.65. The van der Waals surface area contributed by atoms with Gasteiger partial charge in [0.2, 0.25) is 0 Å². The Kier molecular flexibility index (Phi) is 6.28. The zero-order valence-electron chi connectivity index (χ0n) is 9.70. The summed E-state index contributed by atoms with van der Waals surface area (Å²) >= 11 is 0. The first-order valence-corrected chi connectivity index (χ1v) is 5.24. The third-order valence-corrected chi connectivity index (χ3v) is 2.67. The van der Waals surface area contributed by atoms with Crippen LogP contribution in [0, 0.1) is 5.92 Å². The highest BCUT2D eigenvalue weighted by Gasteiger charge is 2.18. The van der Waals surface area contributed by atoms with Crippen LogP contribution in [-0.4, -0.2) is 35.6 Å². The fourth-order valence-corrected chi connectivity index (χ4v) is 1.56. The van der Waals surface area contributed by atoms with Gasteiger partial charge in [0.1, 0.15) is 0 Å². The number of hydrogen-bond acceptors (Lipinski definition) is 3. The summed E-state index contributed by atoms with van der Waals surface area (Å²) in [7, 11) is 2.01. The van der Waals surface area contributed by atoms with Gasteiger partial charge in [-0.25, -0.2) is 0 Å². The molecule has 4 heteroatoms. The summed E-state index contributed by atoms with van der Waals surface area (Å²) in [6.07, 6.45) is 2.01. The van der Waals surface area contributed by atoms with E-state index < -0.39 is 0 Å². The van der Waals surface area contributed by atoms with Crippen LogP contribution in [0.3, 0.4) is 0 Å². The number of nitrogens with two attached hydrogens (primary N) is 1. The fraction of sp³-hybridized carbons (Fsp3) is 0.900. The average molecular weight is 201 g/mol. The molecule has 0 heterocycles. The van der Waals surface area contributed by atoms with E-state index in [1.807, 2.05) is 14.0 Å². The van der Waals surface area contributed by atoms with Crippen molar-refractivity contribution in [1.29, 1.82) is 0 Å². The highest BCUT2D eigenvalue weighted by molar-refractivity contribution is 5.85. The Balaban J connectivity index is 4.24. The lowest BCUT2D eigenvalue weighted by Crippen LogP contribution is -2.43.